The van der Waals surface area contributed by atoms with Crippen LogP contribution in [0.5, 0.6) is 0 Å². The highest BCUT2D eigenvalue weighted by Crippen LogP contribution is 2.17. The Morgan fingerprint density at radius 1 is 0.286 bits per heavy atom. The first kappa shape index (κ1) is 67.6. The van der Waals surface area contributed by atoms with Crippen molar-refractivity contribution in [2.75, 3.05) is 13.2 Å². The van der Waals surface area contributed by atoms with Crippen molar-refractivity contribution in [3.8, 4) is 0 Å². The number of carbonyl (C=O) groups is 3. The summed E-state index contributed by atoms with van der Waals surface area (Å²) in [7, 11) is 0. The van der Waals surface area contributed by atoms with Crippen LogP contribution in [0.2, 0.25) is 0 Å². The molecular formula is C64H118O6. The largest absolute Gasteiger partial charge is 0.462 e. The molecule has 1 atom stereocenters. The molecule has 0 saturated carbocycles. The molecule has 0 rings (SSSR count). The van der Waals surface area contributed by atoms with E-state index in [2.05, 4.69) is 57.2 Å². The molecule has 0 fully saturated rings. The van der Waals surface area contributed by atoms with Crippen molar-refractivity contribution >= 4 is 17.9 Å². The third kappa shape index (κ3) is 56.5. The molecule has 0 amide bonds. The van der Waals surface area contributed by atoms with Crippen LogP contribution in [0.25, 0.3) is 0 Å². The summed E-state index contributed by atoms with van der Waals surface area (Å²) >= 11 is 0. The van der Waals surface area contributed by atoms with Gasteiger partial charge in [-0.3, -0.25) is 14.4 Å². The number of unbranched alkanes of at least 4 members (excludes halogenated alkanes) is 40. The summed E-state index contributed by atoms with van der Waals surface area (Å²) in [6.07, 6.45) is 71.4. The monoisotopic (exact) mass is 983 g/mol. The minimum absolute atomic E-state index is 0.0692. The van der Waals surface area contributed by atoms with Crippen molar-refractivity contribution in [3.05, 3.63) is 36.5 Å². The average molecular weight is 984 g/mol. The molecule has 0 N–H and O–H groups in total. The standard InChI is InChI=1S/C64H118O6/c1-4-7-10-13-16-19-22-25-27-29-30-31-32-33-34-36-37-39-42-45-48-51-54-57-63(66)69-60-61(59-68-62(65)56-53-50-47-44-41-24-21-18-15-12-9-6-3)70-64(67)58-55-52-49-46-43-40-38-35-28-26-23-20-17-14-11-8-5-2/h22,25,29-30,32-33,61H,4-21,23-24,26-28,31,34-60H2,1-3H3/b25-22-,30-29-,33-32-. The number of rotatable bonds is 57. The molecule has 0 saturated heterocycles. The number of allylic oxidation sites excluding steroid dienone is 6. The zero-order chi connectivity index (χ0) is 50.7. The molecule has 0 spiro atoms. The summed E-state index contributed by atoms with van der Waals surface area (Å²) in [4.78, 5) is 38.2. The van der Waals surface area contributed by atoms with E-state index < -0.39 is 6.10 Å². The van der Waals surface area contributed by atoms with E-state index in [1.165, 1.54) is 218 Å². The Balaban J connectivity index is 4.28. The Bertz CT molecular complexity index is 1170. The van der Waals surface area contributed by atoms with Crippen LogP contribution in [0.1, 0.15) is 335 Å². The lowest BCUT2D eigenvalue weighted by molar-refractivity contribution is -0.167. The molecule has 0 radical (unpaired) electrons. The lowest BCUT2D eigenvalue weighted by Gasteiger charge is -2.18. The molecular weight excluding hydrogens is 865 g/mol. The predicted octanol–water partition coefficient (Wildman–Crippen LogP) is 20.8. The van der Waals surface area contributed by atoms with E-state index in [0.717, 1.165) is 77.0 Å². The molecule has 1 unspecified atom stereocenters. The topological polar surface area (TPSA) is 78.9 Å². The predicted molar refractivity (Wildman–Crippen MR) is 302 cm³/mol. The third-order valence-electron chi connectivity index (χ3n) is 13.9. The smallest absolute Gasteiger partial charge is 0.306 e. The normalized spacial score (nSPS) is 12.2. The quantitative estimate of drug-likeness (QED) is 0.0261. The van der Waals surface area contributed by atoms with Crippen molar-refractivity contribution in [2.45, 2.75) is 341 Å². The van der Waals surface area contributed by atoms with Crippen LogP contribution in [0.4, 0.5) is 0 Å². The third-order valence-corrected chi connectivity index (χ3v) is 13.9. The van der Waals surface area contributed by atoms with Crippen LogP contribution < -0.4 is 0 Å². The van der Waals surface area contributed by atoms with E-state index in [0.29, 0.717) is 19.3 Å². The molecule has 0 aliphatic carbocycles. The Hall–Kier alpha value is -2.37. The molecule has 0 aliphatic rings. The highest BCUT2D eigenvalue weighted by Gasteiger charge is 2.19. The van der Waals surface area contributed by atoms with Crippen LogP contribution >= 0.6 is 0 Å². The summed E-state index contributed by atoms with van der Waals surface area (Å²) in [5.74, 6) is -0.855. The fraction of sp³-hybridized carbons (Fsp3) is 0.859. The number of hydrogen-bond acceptors (Lipinski definition) is 6. The number of carbonyl (C=O) groups excluding carboxylic acids is 3. The summed E-state index contributed by atoms with van der Waals surface area (Å²) in [6, 6.07) is 0. The second-order valence-electron chi connectivity index (χ2n) is 21.0. The van der Waals surface area contributed by atoms with Crippen molar-refractivity contribution in [1.82, 2.24) is 0 Å². The van der Waals surface area contributed by atoms with Crippen molar-refractivity contribution in [2.24, 2.45) is 0 Å². The zero-order valence-corrected chi connectivity index (χ0v) is 47.1. The van der Waals surface area contributed by atoms with Crippen LogP contribution in [-0.2, 0) is 28.6 Å². The molecule has 0 aromatic heterocycles. The van der Waals surface area contributed by atoms with E-state index in [1.54, 1.807) is 0 Å². The lowest BCUT2D eigenvalue weighted by atomic mass is 10.0. The van der Waals surface area contributed by atoms with Gasteiger partial charge >= 0.3 is 17.9 Å². The van der Waals surface area contributed by atoms with Crippen LogP contribution in [0.15, 0.2) is 36.5 Å². The van der Waals surface area contributed by atoms with Gasteiger partial charge in [-0.1, -0.05) is 295 Å². The van der Waals surface area contributed by atoms with Gasteiger partial charge in [-0.25, -0.2) is 0 Å². The Morgan fingerprint density at radius 2 is 0.514 bits per heavy atom. The molecule has 0 heterocycles. The highest BCUT2D eigenvalue weighted by molar-refractivity contribution is 5.71. The van der Waals surface area contributed by atoms with Gasteiger partial charge in [0.1, 0.15) is 13.2 Å². The van der Waals surface area contributed by atoms with Gasteiger partial charge in [-0.15, -0.1) is 0 Å². The minimum atomic E-state index is -0.771. The summed E-state index contributed by atoms with van der Waals surface area (Å²) in [5, 5.41) is 0. The first-order chi connectivity index (χ1) is 34.5. The maximum Gasteiger partial charge on any atom is 0.306 e. The van der Waals surface area contributed by atoms with Crippen LogP contribution in [0, 0.1) is 0 Å². The van der Waals surface area contributed by atoms with E-state index >= 15 is 0 Å². The van der Waals surface area contributed by atoms with Gasteiger partial charge in [0.15, 0.2) is 6.10 Å². The van der Waals surface area contributed by atoms with Gasteiger partial charge in [-0.05, 0) is 57.8 Å². The second-order valence-corrected chi connectivity index (χ2v) is 21.0. The fourth-order valence-corrected chi connectivity index (χ4v) is 9.22. The summed E-state index contributed by atoms with van der Waals surface area (Å²) in [5.41, 5.74) is 0. The number of hydrogen-bond donors (Lipinski definition) is 0. The maximum atomic E-state index is 12.9. The van der Waals surface area contributed by atoms with Crippen molar-refractivity contribution in [1.29, 1.82) is 0 Å². The summed E-state index contributed by atoms with van der Waals surface area (Å²) < 4.78 is 16.9. The van der Waals surface area contributed by atoms with E-state index in [-0.39, 0.29) is 31.1 Å². The highest BCUT2D eigenvalue weighted by atomic mass is 16.6. The molecule has 6 nitrogen and oxygen atoms in total. The summed E-state index contributed by atoms with van der Waals surface area (Å²) in [6.45, 7) is 6.67. The van der Waals surface area contributed by atoms with Gasteiger partial charge < -0.3 is 14.2 Å². The second kappa shape index (κ2) is 59.2. The van der Waals surface area contributed by atoms with Crippen LogP contribution in [-0.4, -0.2) is 37.2 Å². The first-order valence-corrected chi connectivity index (χ1v) is 31.0. The van der Waals surface area contributed by atoms with Crippen LogP contribution in [0.3, 0.4) is 0 Å². The van der Waals surface area contributed by atoms with Gasteiger partial charge in [0, 0.05) is 19.3 Å². The molecule has 0 aromatic rings. The van der Waals surface area contributed by atoms with E-state index in [9.17, 15) is 14.4 Å². The van der Waals surface area contributed by atoms with Gasteiger partial charge in [-0.2, -0.15) is 0 Å². The Kier molecular flexibility index (Phi) is 57.2. The van der Waals surface area contributed by atoms with E-state index in [4.69, 9.17) is 14.2 Å². The van der Waals surface area contributed by atoms with Crippen molar-refractivity contribution < 1.29 is 28.6 Å². The van der Waals surface area contributed by atoms with Crippen molar-refractivity contribution in [3.63, 3.8) is 0 Å². The first-order valence-electron chi connectivity index (χ1n) is 31.0. The Labute approximate surface area is 435 Å². The molecule has 0 aromatic carbocycles. The average Bonchev–Trinajstić information content (AvgIpc) is 3.36. The van der Waals surface area contributed by atoms with Gasteiger partial charge in [0.2, 0.25) is 0 Å². The Morgan fingerprint density at radius 3 is 0.800 bits per heavy atom. The number of esters is 3. The zero-order valence-electron chi connectivity index (χ0n) is 47.1. The molecule has 0 bridgehead atoms. The molecule has 0 aliphatic heterocycles. The maximum absolute atomic E-state index is 12.9. The molecule has 6 heteroatoms. The van der Waals surface area contributed by atoms with E-state index in [1.807, 2.05) is 0 Å². The number of ether oxygens (including phenoxy) is 3. The SMILES string of the molecule is CCCCCCC/C=C\C/C=C\C/C=C\CCCCCCCCCCC(=O)OCC(COC(=O)CCCCCCCCCCCCCC)OC(=O)CCCCCCCCCCCCCCCCCCC. The minimum Gasteiger partial charge on any atom is -0.462 e. The van der Waals surface area contributed by atoms with Gasteiger partial charge in [0.05, 0.1) is 0 Å². The van der Waals surface area contributed by atoms with Gasteiger partial charge in [0.25, 0.3) is 0 Å². The molecule has 410 valence electrons. The lowest BCUT2D eigenvalue weighted by Crippen LogP contribution is -2.30. The molecule has 70 heavy (non-hydrogen) atoms. The fourth-order valence-electron chi connectivity index (χ4n) is 9.22.